The van der Waals surface area contributed by atoms with Gasteiger partial charge in [0.15, 0.2) is 0 Å². The topological polar surface area (TPSA) is 107 Å². The molecular weight excluding hydrogens is 340 g/mol. The van der Waals surface area contributed by atoms with Crippen LogP contribution in [-0.2, 0) is 0 Å². The first kappa shape index (κ1) is 18.1. The van der Waals surface area contributed by atoms with Crippen LogP contribution in [0.2, 0.25) is 0 Å². The molecule has 0 aliphatic rings. The molecule has 136 valence electrons. The van der Waals surface area contributed by atoms with Crippen molar-refractivity contribution in [3.05, 3.63) is 77.6 Å². The van der Waals surface area contributed by atoms with Crippen molar-refractivity contribution in [2.75, 3.05) is 10.6 Å². The molecule has 7 heteroatoms. The smallest absolute Gasteiger partial charge is 0.322 e. The van der Waals surface area contributed by atoms with E-state index in [-0.39, 0.29) is 5.91 Å². The molecule has 0 unspecified atom stereocenters. The molecule has 0 fully saturated rings. The lowest BCUT2D eigenvalue weighted by Crippen LogP contribution is -2.72. The number of nitrogens with two attached hydrogens (primary N) is 1. The lowest BCUT2D eigenvalue weighted by atomic mass is 10.2. The molecule has 2 aromatic carbocycles. The zero-order chi connectivity index (χ0) is 19.2. The fraction of sp³-hybridized carbons (Fsp3) is 0.100. The van der Waals surface area contributed by atoms with Crippen molar-refractivity contribution in [2.45, 2.75) is 13.8 Å². The van der Waals surface area contributed by atoms with E-state index in [2.05, 4.69) is 25.6 Å². The number of guanidine groups is 1. The number of amides is 1. The molecule has 0 spiro atoms. The minimum atomic E-state index is -0.156. The molecule has 1 amide bonds. The Bertz CT molecular complexity index is 947. The second-order valence-electron chi connectivity index (χ2n) is 6.04. The maximum absolute atomic E-state index is 12.2. The highest BCUT2D eigenvalue weighted by molar-refractivity contribution is 6.04. The Morgan fingerprint density at radius 1 is 0.889 bits per heavy atom. The molecule has 1 aromatic heterocycles. The summed E-state index contributed by atoms with van der Waals surface area (Å²) in [6.07, 6.45) is 0. The molecule has 0 bridgehead atoms. The van der Waals surface area contributed by atoms with Crippen LogP contribution < -0.4 is 21.4 Å². The first-order valence-corrected chi connectivity index (χ1v) is 8.45. The summed E-state index contributed by atoms with van der Waals surface area (Å²) in [5.41, 5.74) is 9.76. The van der Waals surface area contributed by atoms with Gasteiger partial charge in [-0.05, 0) is 50.2 Å². The van der Waals surface area contributed by atoms with E-state index in [9.17, 15) is 4.79 Å². The van der Waals surface area contributed by atoms with Gasteiger partial charge in [-0.25, -0.2) is 4.99 Å². The molecule has 0 atom stereocenters. The van der Waals surface area contributed by atoms with E-state index in [1.54, 1.807) is 24.3 Å². The van der Waals surface area contributed by atoms with Gasteiger partial charge >= 0.3 is 5.95 Å². The van der Waals surface area contributed by atoms with Gasteiger partial charge in [-0.15, -0.1) is 9.97 Å². The fourth-order valence-corrected chi connectivity index (χ4v) is 2.52. The molecule has 27 heavy (non-hydrogen) atoms. The molecule has 1 heterocycles. The highest BCUT2D eigenvalue weighted by Crippen LogP contribution is 2.14. The van der Waals surface area contributed by atoms with Crippen LogP contribution in [0.15, 0.2) is 60.7 Å². The molecule has 0 saturated carbocycles. The largest absolute Gasteiger partial charge is 0.354 e. The number of anilines is 2. The summed E-state index contributed by atoms with van der Waals surface area (Å²) in [4.78, 5) is 23.7. The molecule has 0 radical (unpaired) electrons. The lowest BCUT2D eigenvalue weighted by molar-refractivity contribution is -0.365. The maximum Gasteiger partial charge on any atom is 0.354 e. The van der Waals surface area contributed by atoms with Crippen molar-refractivity contribution in [1.29, 1.82) is 0 Å². The molecule has 0 aliphatic heterocycles. The third-order valence-electron chi connectivity index (χ3n) is 3.69. The van der Waals surface area contributed by atoms with Crippen molar-refractivity contribution in [1.82, 2.24) is 9.97 Å². The van der Waals surface area contributed by atoms with Crippen LogP contribution in [0.25, 0.3) is 0 Å². The number of rotatable bonds is 4. The van der Waals surface area contributed by atoms with Gasteiger partial charge in [-0.2, -0.15) is 0 Å². The summed E-state index contributed by atoms with van der Waals surface area (Å²) in [6.45, 7) is 3.79. The van der Waals surface area contributed by atoms with Crippen LogP contribution in [0.1, 0.15) is 21.7 Å². The van der Waals surface area contributed by atoms with E-state index >= 15 is 0 Å². The van der Waals surface area contributed by atoms with Crippen LogP contribution in [0.4, 0.5) is 17.3 Å². The highest BCUT2D eigenvalue weighted by atomic mass is 16.1. The summed E-state index contributed by atoms with van der Waals surface area (Å²) in [7, 11) is 0. The third-order valence-corrected chi connectivity index (χ3v) is 3.69. The average Bonchev–Trinajstić information content (AvgIpc) is 2.63. The number of carbonyl (C=O) groups is 1. The molecule has 0 aliphatic carbocycles. The van der Waals surface area contributed by atoms with Gasteiger partial charge in [-0.3, -0.25) is 10.1 Å². The Morgan fingerprint density at radius 2 is 1.44 bits per heavy atom. The van der Waals surface area contributed by atoms with Crippen LogP contribution >= 0.6 is 0 Å². The number of aromatic nitrogens is 2. The molecule has 3 aromatic rings. The highest BCUT2D eigenvalue weighted by Gasteiger charge is 2.07. The van der Waals surface area contributed by atoms with E-state index in [1.807, 2.05) is 50.2 Å². The van der Waals surface area contributed by atoms with Gasteiger partial charge in [0.25, 0.3) is 11.9 Å². The Kier molecular flexibility index (Phi) is 5.41. The number of nitrogens with one attached hydrogen (secondary N) is 3. The molecular formula is C20H21N6O+. The van der Waals surface area contributed by atoms with Crippen molar-refractivity contribution >= 4 is 29.2 Å². The average molecular weight is 361 g/mol. The Balaban J connectivity index is 1.65. The summed E-state index contributed by atoms with van der Waals surface area (Å²) < 4.78 is 0. The van der Waals surface area contributed by atoms with Crippen molar-refractivity contribution < 1.29 is 9.79 Å². The number of hydrogen-bond acceptors (Lipinski definition) is 3. The Hall–Kier alpha value is -3.74. The molecule has 5 N–H and O–H groups in total. The van der Waals surface area contributed by atoms with Crippen LogP contribution in [-0.4, -0.2) is 21.8 Å². The SMILES string of the molecule is Cc1cc(C)nc([NH+]=C(N)Nc2ccc(NC(=O)c3ccccc3)cc2)n1. The second-order valence-corrected chi connectivity index (χ2v) is 6.04. The molecule has 7 nitrogen and oxygen atoms in total. The van der Waals surface area contributed by atoms with Crippen LogP contribution in [0, 0.1) is 13.8 Å². The van der Waals surface area contributed by atoms with E-state index in [0.29, 0.717) is 23.2 Å². The Morgan fingerprint density at radius 3 is 2.04 bits per heavy atom. The van der Waals surface area contributed by atoms with E-state index in [4.69, 9.17) is 5.73 Å². The number of hydrogen-bond donors (Lipinski definition) is 4. The number of carbonyl (C=O) groups excluding carboxylic acids is 1. The number of aryl methyl sites for hydroxylation is 2. The summed E-state index contributed by atoms with van der Waals surface area (Å²) in [5.74, 6) is 0.585. The normalized spacial score (nSPS) is 11.1. The summed E-state index contributed by atoms with van der Waals surface area (Å²) in [5, 5.41) is 5.88. The quantitative estimate of drug-likeness (QED) is 0.416. The third kappa shape index (κ3) is 5.12. The fourth-order valence-electron chi connectivity index (χ4n) is 2.52. The van der Waals surface area contributed by atoms with Gasteiger partial charge in [0.1, 0.15) is 0 Å². The van der Waals surface area contributed by atoms with Gasteiger partial charge in [0, 0.05) is 17.3 Å². The zero-order valence-electron chi connectivity index (χ0n) is 15.2. The monoisotopic (exact) mass is 361 g/mol. The molecule has 0 saturated heterocycles. The predicted octanol–water partition coefficient (Wildman–Crippen LogP) is 1.48. The van der Waals surface area contributed by atoms with Gasteiger partial charge in [0.2, 0.25) is 0 Å². The first-order chi connectivity index (χ1) is 13.0. The number of benzene rings is 2. The maximum atomic E-state index is 12.2. The number of nitrogens with zero attached hydrogens (tertiary/aromatic N) is 2. The predicted molar refractivity (Wildman–Crippen MR) is 106 cm³/mol. The van der Waals surface area contributed by atoms with Crippen molar-refractivity contribution in [3.63, 3.8) is 0 Å². The van der Waals surface area contributed by atoms with Gasteiger partial charge in [0.05, 0.1) is 17.1 Å². The van der Waals surface area contributed by atoms with Crippen LogP contribution in [0.5, 0.6) is 0 Å². The molecule has 3 rings (SSSR count). The first-order valence-electron chi connectivity index (χ1n) is 8.45. The van der Waals surface area contributed by atoms with Crippen LogP contribution in [0.3, 0.4) is 0 Å². The van der Waals surface area contributed by atoms with Crippen molar-refractivity contribution in [2.24, 2.45) is 5.73 Å². The van der Waals surface area contributed by atoms with Crippen molar-refractivity contribution in [3.8, 4) is 0 Å². The van der Waals surface area contributed by atoms with Gasteiger partial charge in [-0.1, -0.05) is 18.2 Å². The van der Waals surface area contributed by atoms with E-state index in [0.717, 1.165) is 17.1 Å². The summed E-state index contributed by atoms with van der Waals surface area (Å²) in [6, 6.07) is 18.2. The summed E-state index contributed by atoms with van der Waals surface area (Å²) >= 11 is 0. The van der Waals surface area contributed by atoms with E-state index in [1.165, 1.54) is 0 Å². The standard InChI is InChI=1S/C20H20N6O/c1-13-12-14(2)23-20(22-13)26-19(21)25-17-10-8-16(9-11-17)24-18(27)15-6-4-3-5-7-15/h3-12H,1-2H3,(H,24,27)(H3,21,22,23,25,26)/p+1. The minimum absolute atomic E-state index is 0.156. The minimum Gasteiger partial charge on any atom is -0.322 e. The van der Waals surface area contributed by atoms with E-state index < -0.39 is 0 Å². The second kappa shape index (κ2) is 8.09. The van der Waals surface area contributed by atoms with Gasteiger partial charge < -0.3 is 11.1 Å². The lowest BCUT2D eigenvalue weighted by Gasteiger charge is -2.06. The zero-order valence-corrected chi connectivity index (χ0v) is 15.2. The Labute approximate surface area is 157 Å².